The second kappa shape index (κ2) is 7.33. The minimum atomic E-state index is -4.01. The molecule has 1 atom stereocenters. The van der Waals surface area contributed by atoms with Crippen LogP contribution in [0.1, 0.15) is 20.3 Å². The molecule has 0 aliphatic carbocycles. The van der Waals surface area contributed by atoms with Gasteiger partial charge in [0.25, 0.3) is 0 Å². The molecule has 1 N–H and O–H groups in total. The van der Waals surface area contributed by atoms with E-state index in [1.165, 1.54) is 19.2 Å². The molecule has 0 spiro atoms. The number of ether oxygens (including phenoxy) is 1. The highest BCUT2D eigenvalue weighted by Crippen LogP contribution is 2.20. The largest absolute Gasteiger partial charge is 0.468 e. The standard InChI is InChI=1S/C13H17BrFNO4S/c1-8(2)6-12(13(17)20-3)16-21(18,19)9-4-5-10(14)11(15)7-9/h4-5,7-8,12,16H,6H2,1-3H3. The average molecular weight is 382 g/mol. The molecule has 5 nitrogen and oxygen atoms in total. The maximum Gasteiger partial charge on any atom is 0.323 e. The van der Waals surface area contributed by atoms with Crippen molar-refractivity contribution in [2.24, 2.45) is 5.92 Å². The molecule has 1 aromatic rings. The maximum absolute atomic E-state index is 13.5. The number of hydrogen-bond acceptors (Lipinski definition) is 4. The molecule has 0 bridgehead atoms. The molecule has 0 radical (unpaired) electrons. The van der Waals surface area contributed by atoms with Crippen LogP contribution in [0.5, 0.6) is 0 Å². The predicted molar refractivity (Wildman–Crippen MR) is 79.7 cm³/mol. The monoisotopic (exact) mass is 381 g/mol. The summed E-state index contributed by atoms with van der Waals surface area (Å²) in [4.78, 5) is 11.4. The Balaban J connectivity index is 3.05. The Labute approximate surface area is 132 Å². The smallest absolute Gasteiger partial charge is 0.323 e. The zero-order valence-electron chi connectivity index (χ0n) is 11.9. The number of carbonyl (C=O) groups is 1. The van der Waals surface area contributed by atoms with Crippen molar-refractivity contribution in [3.05, 3.63) is 28.5 Å². The minimum absolute atomic E-state index is 0.0819. The van der Waals surface area contributed by atoms with Gasteiger partial charge >= 0.3 is 5.97 Å². The maximum atomic E-state index is 13.5. The first kappa shape index (κ1) is 18.1. The molecule has 0 heterocycles. The number of benzene rings is 1. The Morgan fingerprint density at radius 3 is 2.52 bits per heavy atom. The lowest BCUT2D eigenvalue weighted by Crippen LogP contribution is -2.42. The summed E-state index contributed by atoms with van der Waals surface area (Å²) in [5, 5.41) is 0. The highest BCUT2D eigenvalue weighted by atomic mass is 79.9. The van der Waals surface area contributed by atoms with E-state index in [0.717, 1.165) is 6.07 Å². The Morgan fingerprint density at radius 2 is 2.05 bits per heavy atom. The van der Waals surface area contributed by atoms with E-state index in [2.05, 4.69) is 25.4 Å². The first-order chi connectivity index (χ1) is 9.67. The third-order valence-corrected chi connectivity index (χ3v) is 4.80. The van der Waals surface area contributed by atoms with Crippen LogP contribution < -0.4 is 4.72 Å². The molecule has 0 saturated carbocycles. The minimum Gasteiger partial charge on any atom is -0.468 e. The zero-order valence-corrected chi connectivity index (χ0v) is 14.3. The Hall–Kier alpha value is -0.990. The summed E-state index contributed by atoms with van der Waals surface area (Å²) in [6, 6.07) is 2.42. The van der Waals surface area contributed by atoms with E-state index in [1.807, 2.05) is 13.8 Å². The average Bonchev–Trinajstić information content (AvgIpc) is 2.39. The number of sulfonamides is 1. The molecule has 1 rings (SSSR count). The lowest BCUT2D eigenvalue weighted by molar-refractivity contribution is -0.143. The van der Waals surface area contributed by atoms with Gasteiger partial charge in [-0.25, -0.2) is 12.8 Å². The molecule has 8 heteroatoms. The summed E-state index contributed by atoms with van der Waals surface area (Å²) < 4.78 is 44.9. The van der Waals surface area contributed by atoms with Gasteiger partial charge in [0.1, 0.15) is 11.9 Å². The van der Waals surface area contributed by atoms with E-state index < -0.39 is 27.9 Å². The van der Waals surface area contributed by atoms with Gasteiger partial charge in [-0.3, -0.25) is 4.79 Å². The highest BCUT2D eigenvalue weighted by molar-refractivity contribution is 9.10. The van der Waals surface area contributed by atoms with Crippen LogP contribution in [0.2, 0.25) is 0 Å². The Morgan fingerprint density at radius 1 is 1.43 bits per heavy atom. The van der Waals surface area contributed by atoms with Gasteiger partial charge in [0, 0.05) is 0 Å². The third kappa shape index (κ3) is 5.05. The molecule has 118 valence electrons. The van der Waals surface area contributed by atoms with E-state index in [0.29, 0.717) is 0 Å². The third-order valence-electron chi connectivity index (χ3n) is 2.69. The molecule has 0 amide bonds. The van der Waals surface area contributed by atoms with E-state index in [1.54, 1.807) is 0 Å². The van der Waals surface area contributed by atoms with Gasteiger partial charge in [-0.05, 0) is 46.5 Å². The number of carbonyl (C=O) groups excluding carboxylic acids is 1. The normalized spacial score (nSPS) is 13.2. The van der Waals surface area contributed by atoms with Crippen molar-refractivity contribution in [2.75, 3.05) is 7.11 Å². The summed E-state index contributed by atoms with van der Waals surface area (Å²) in [5.41, 5.74) is 0. The summed E-state index contributed by atoms with van der Waals surface area (Å²) >= 11 is 2.95. The second-order valence-corrected chi connectivity index (χ2v) is 7.47. The molecular formula is C13H17BrFNO4S. The topological polar surface area (TPSA) is 72.5 Å². The molecule has 0 aliphatic heterocycles. The number of nitrogens with one attached hydrogen (secondary N) is 1. The Bertz CT molecular complexity index is 619. The van der Waals surface area contributed by atoms with E-state index in [9.17, 15) is 17.6 Å². The number of methoxy groups -OCH3 is 1. The molecule has 0 fully saturated rings. The van der Waals surface area contributed by atoms with Crippen molar-refractivity contribution < 1.29 is 22.3 Å². The van der Waals surface area contributed by atoms with Crippen LogP contribution in [-0.4, -0.2) is 27.5 Å². The van der Waals surface area contributed by atoms with Crippen molar-refractivity contribution in [1.29, 1.82) is 0 Å². The molecule has 21 heavy (non-hydrogen) atoms. The SMILES string of the molecule is COC(=O)C(CC(C)C)NS(=O)(=O)c1ccc(Br)c(F)c1. The molecule has 1 aromatic carbocycles. The van der Waals surface area contributed by atoms with Gasteiger partial charge in [0.2, 0.25) is 10.0 Å². The molecule has 0 saturated heterocycles. The molecule has 0 aromatic heterocycles. The lowest BCUT2D eigenvalue weighted by atomic mass is 10.1. The molecule has 0 aliphatic rings. The second-order valence-electron chi connectivity index (χ2n) is 4.90. The fourth-order valence-corrected chi connectivity index (χ4v) is 3.16. The number of rotatable bonds is 6. The summed E-state index contributed by atoms with van der Waals surface area (Å²) in [7, 11) is -2.83. The van der Waals surface area contributed by atoms with Crippen LogP contribution in [0.25, 0.3) is 0 Å². The quantitative estimate of drug-likeness (QED) is 0.768. The van der Waals surface area contributed by atoms with Crippen LogP contribution >= 0.6 is 15.9 Å². The van der Waals surface area contributed by atoms with Gasteiger partial charge in [-0.2, -0.15) is 4.72 Å². The van der Waals surface area contributed by atoms with Crippen LogP contribution in [0.4, 0.5) is 4.39 Å². The molecule has 1 unspecified atom stereocenters. The zero-order chi connectivity index (χ0) is 16.2. The van der Waals surface area contributed by atoms with Gasteiger partial charge < -0.3 is 4.74 Å². The van der Waals surface area contributed by atoms with Gasteiger partial charge in [0.15, 0.2) is 0 Å². The van der Waals surface area contributed by atoms with Crippen molar-refractivity contribution in [3.63, 3.8) is 0 Å². The highest BCUT2D eigenvalue weighted by Gasteiger charge is 2.27. The van der Waals surface area contributed by atoms with E-state index in [-0.39, 0.29) is 21.7 Å². The van der Waals surface area contributed by atoms with Crippen LogP contribution in [0.15, 0.2) is 27.6 Å². The summed E-state index contributed by atoms with van der Waals surface area (Å²) in [6.07, 6.45) is 0.283. The fourth-order valence-electron chi connectivity index (χ4n) is 1.71. The van der Waals surface area contributed by atoms with Gasteiger partial charge in [-0.15, -0.1) is 0 Å². The van der Waals surface area contributed by atoms with E-state index >= 15 is 0 Å². The summed E-state index contributed by atoms with van der Waals surface area (Å²) in [5.74, 6) is -1.29. The number of esters is 1. The van der Waals surface area contributed by atoms with Gasteiger partial charge in [0.05, 0.1) is 16.5 Å². The van der Waals surface area contributed by atoms with Crippen LogP contribution in [0.3, 0.4) is 0 Å². The first-order valence-corrected chi connectivity index (χ1v) is 8.50. The summed E-state index contributed by atoms with van der Waals surface area (Å²) in [6.45, 7) is 3.70. The predicted octanol–water partition coefficient (Wildman–Crippen LogP) is 2.45. The first-order valence-electron chi connectivity index (χ1n) is 6.22. The number of hydrogen-bond donors (Lipinski definition) is 1. The van der Waals surface area contributed by atoms with Gasteiger partial charge in [-0.1, -0.05) is 13.8 Å². The fraction of sp³-hybridized carbons (Fsp3) is 0.462. The lowest BCUT2D eigenvalue weighted by Gasteiger charge is -2.18. The van der Waals surface area contributed by atoms with Crippen molar-refractivity contribution in [3.8, 4) is 0 Å². The Kier molecular flexibility index (Phi) is 6.30. The molecular weight excluding hydrogens is 365 g/mol. The van der Waals surface area contributed by atoms with Crippen LogP contribution in [0, 0.1) is 11.7 Å². The van der Waals surface area contributed by atoms with Crippen molar-refractivity contribution in [2.45, 2.75) is 31.2 Å². The van der Waals surface area contributed by atoms with Crippen molar-refractivity contribution >= 4 is 31.9 Å². The van der Waals surface area contributed by atoms with Crippen LogP contribution in [-0.2, 0) is 19.6 Å². The van der Waals surface area contributed by atoms with Crippen molar-refractivity contribution in [1.82, 2.24) is 4.72 Å². The number of halogens is 2. The van der Waals surface area contributed by atoms with E-state index in [4.69, 9.17) is 0 Å².